The van der Waals surface area contributed by atoms with Crippen LogP contribution in [0.3, 0.4) is 0 Å². The second-order valence-corrected chi connectivity index (χ2v) is 4.45. The first kappa shape index (κ1) is 13.8. The number of rotatable bonds is 5. The number of benzene rings is 1. The van der Waals surface area contributed by atoms with E-state index in [9.17, 15) is 0 Å². The minimum atomic E-state index is 0.0571. The van der Waals surface area contributed by atoms with Gasteiger partial charge in [-0.3, -0.25) is 0 Å². The average molecular weight is 282 g/mol. The third-order valence-electron chi connectivity index (χ3n) is 2.77. The van der Waals surface area contributed by atoms with Gasteiger partial charge >= 0.3 is 0 Å². The molecule has 1 atom stereocenters. The molecule has 7 heteroatoms. The molecule has 6 nitrogen and oxygen atoms in total. The van der Waals surface area contributed by atoms with E-state index in [1.54, 1.807) is 23.9 Å². The van der Waals surface area contributed by atoms with E-state index in [1.165, 1.54) is 0 Å². The molecule has 0 saturated carbocycles. The fourth-order valence-corrected chi connectivity index (χ4v) is 2.02. The van der Waals surface area contributed by atoms with Gasteiger partial charge in [0, 0.05) is 6.07 Å². The van der Waals surface area contributed by atoms with Gasteiger partial charge < -0.3 is 10.1 Å². The largest absolute Gasteiger partial charge is 0.495 e. The van der Waals surface area contributed by atoms with E-state index in [4.69, 9.17) is 16.3 Å². The molecule has 2 rings (SSSR count). The van der Waals surface area contributed by atoms with Crippen LogP contribution in [0, 0.1) is 0 Å². The van der Waals surface area contributed by atoms with Crippen molar-refractivity contribution in [2.75, 3.05) is 13.7 Å². The number of tetrazole rings is 1. The van der Waals surface area contributed by atoms with E-state index in [0.29, 0.717) is 10.8 Å². The quantitative estimate of drug-likeness (QED) is 0.908. The number of halogens is 1. The maximum atomic E-state index is 6.01. The third kappa shape index (κ3) is 2.85. The van der Waals surface area contributed by atoms with E-state index >= 15 is 0 Å². The van der Waals surface area contributed by atoms with Crippen LogP contribution in [0.1, 0.15) is 25.7 Å². The van der Waals surface area contributed by atoms with Crippen molar-refractivity contribution in [3.63, 3.8) is 0 Å². The van der Waals surface area contributed by atoms with E-state index in [-0.39, 0.29) is 6.04 Å². The molecule has 0 spiro atoms. The Hall–Kier alpha value is -1.66. The first-order chi connectivity index (χ1) is 9.17. The molecule has 0 aliphatic heterocycles. The maximum absolute atomic E-state index is 6.01. The number of hydrogen-bond donors (Lipinski definition) is 1. The van der Waals surface area contributed by atoms with Crippen molar-refractivity contribution < 1.29 is 4.74 Å². The molecule has 0 amide bonds. The second-order valence-electron chi connectivity index (χ2n) is 4.05. The molecule has 0 aliphatic rings. The van der Waals surface area contributed by atoms with Crippen LogP contribution in [-0.2, 0) is 0 Å². The molecule has 1 aromatic heterocycles. The van der Waals surface area contributed by atoms with Gasteiger partial charge in [0.2, 0.25) is 0 Å². The van der Waals surface area contributed by atoms with Gasteiger partial charge in [-0.2, -0.15) is 4.68 Å². The summed E-state index contributed by atoms with van der Waals surface area (Å²) in [6.45, 7) is 4.90. The van der Waals surface area contributed by atoms with Crippen molar-refractivity contribution in [3.8, 4) is 11.4 Å². The Balaban J connectivity index is 2.39. The normalized spacial score (nSPS) is 12.4. The monoisotopic (exact) mass is 281 g/mol. The second kappa shape index (κ2) is 5.99. The van der Waals surface area contributed by atoms with Crippen molar-refractivity contribution in [1.29, 1.82) is 0 Å². The van der Waals surface area contributed by atoms with Crippen LogP contribution in [0.5, 0.6) is 5.75 Å². The van der Waals surface area contributed by atoms with Gasteiger partial charge in [0.05, 0.1) is 23.9 Å². The Labute approximate surface area is 116 Å². The number of ether oxygens (including phenoxy) is 1. The Morgan fingerprint density at radius 1 is 1.47 bits per heavy atom. The lowest BCUT2D eigenvalue weighted by Gasteiger charge is -2.12. The van der Waals surface area contributed by atoms with Crippen LogP contribution in [0.25, 0.3) is 5.69 Å². The first-order valence-corrected chi connectivity index (χ1v) is 6.40. The summed E-state index contributed by atoms with van der Waals surface area (Å²) in [5, 5.41) is 15.6. The Morgan fingerprint density at radius 2 is 2.26 bits per heavy atom. The predicted octanol–water partition coefficient (Wildman–Crippen LogP) is 1.99. The third-order valence-corrected chi connectivity index (χ3v) is 3.08. The zero-order valence-electron chi connectivity index (χ0n) is 11.1. The van der Waals surface area contributed by atoms with Crippen molar-refractivity contribution in [2.24, 2.45) is 0 Å². The number of methoxy groups -OCH3 is 1. The highest BCUT2D eigenvalue weighted by Gasteiger charge is 2.15. The summed E-state index contributed by atoms with van der Waals surface area (Å²) in [7, 11) is 1.58. The first-order valence-electron chi connectivity index (χ1n) is 6.03. The van der Waals surface area contributed by atoms with Gasteiger partial charge in [-0.15, -0.1) is 5.10 Å². The molecule has 0 saturated heterocycles. The fourth-order valence-electron chi connectivity index (χ4n) is 1.83. The minimum absolute atomic E-state index is 0.0571. The van der Waals surface area contributed by atoms with Crippen LogP contribution in [0.4, 0.5) is 0 Å². The molecule has 1 aromatic carbocycles. The lowest BCUT2D eigenvalue weighted by atomic mass is 10.2. The SMILES string of the molecule is CCNC(C)c1nnnn1-c1ccc(Cl)c(OC)c1. The average Bonchev–Trinajstić information content (AvgIpc) is 2.89. The molecule has 0 fully saturated rings. The summed E-state index contributed by atoms with van der Waals surface area (Å²) in [4.78, 5) is 0. The molecule has 0 radical (unpaired) electrons. The highest BCUT2D eigenvalue weighted by Crippen LogP contribution is 2.27. The number of aromatic nitrogens is 4. The minimum Gasteiger partial charge on any atom is -0.495 e. The summed E-state index contributed by atoms with van der Waals surface area (Å²) >= 11 is 6.01. The standard InChI is InChI=1S/C12H16ClN5O/c1-4-14-8(2)12-15-16-17-18(12)9-5-6-10(13)11(7-9)19-3/h5-8,14H,4H2,1-3H3. The summed E-state index contributed by atoms with van der Waals surface area (Å²) in [5.41, 5.74) is 0.811. The highest BCUT2D eigenvalue weighted by atomic mass is 35.5. The Bertz CT molecular complexity index is 557. The van der Waals surface area contributed by atoms with E-state index in [0.717, 1.165) is 18.1 Å². The van der Waals surface area contributed by atoms with E-state index in [1.807, 2.05) is 19.9 Å². The number of hydrogen-bond acceptors (Lipinski definition) is 5. The van der Waals surface area contributed by atoms with Crippen LogP contribution in [-0.4, -0.2) is 33.9 Å². The van der Waals surface area contributed by atoms with Crippen LogP contribution >= 0.6 is 11.6 Å². The molecule has 0 bridgehead atoms. The van der Waals surface area contributed by atoms with Crippen molar-refractivity contribution in [1.82, 2.24) is 25.5 Å². The smallest absolute Gasteiger partial charge is 0.173 e. The van der Waals surface area contributed by atoms with E-state index in [2.05, 4.69) is 20.8 Å². The van der Waals surface area contributed by atoms with Crippen molar-refractivity contribution in [2.45, 2.75) is 19.9 Å². The molecular formula is C12H16ClN5O. The molecule has 1 unspecified atom stereocenters. The topological polar surface area (TPSA) is 64.9 Å². The van der Waals surface area contributed by atoms with Gasteiger partial charge in [-0.25, -0.2) is 0 Å². The fraction of sp³-hybridized carbons (Fsp3) is 0.417. The van der Waals surface area contributed by atoms with Gasteiger partial charge in [0.15, 0.2) is 5.82 Å². The summed E-state index contributed by atoms with van der Waals surface area (Å²) in [5.74, 6) is 1.34. The van der Waals surface area contributed by atoms with Gasteiger partial charge in [0.25, 0.3) is 0 Å². The highest BCUT2D eigenvalue weighted by molar-refractivity contribution is 6.32. The molecule has 1 N–H and O–H groups in total. The zero-order valence-corrected chi connectivity index (χ0v) is 11.8. The zero-order chi connectivity index (χ0) is 13.8. The summed E-state index contributed by atoms with van der Waals surface area (Å²) in [6, 6.07) is 5.48. The van der Waals surface area contributed by atoms with Gasteiger partial charge in [-0.05, 0) is 36.0 Å². The van der Waals surface area contributed by atoms with Gasteiger partial charge in [0.1, 0.15) is 5.75 Å². The van der Waals surface area contributed by atoms with Crippen LogP contribution in [0.2, 0.25) is 5.02 Å². The lowest BCUT2D eigenvalue weighted by molar-refractivity contribution is 0.414. The van der Waals surface area contributed by atoms with Crippen molar-refractivity contribution >= 4 is 11.6 Å². The van der Waals surface area contributed by atoms with E-state index < -0.39 is 0 Å². The maximum Gasteiger partial charge on any atom is 0.173 e. The van der Waals surface area contributed by atoms with Crippen LogP contribution < -0.4 is 10.1 Å². The summed E-state index contributed by atoms with van der Waals surface area (Å²) in [6.07, 6.45) is 0. The van der Waals surface area contributed by atoms with Gasteiger partial charge in [-0.1, -0.05) is 18.5 Å². The molecule has 0 aliphatic carbocycles. The molecule has 1 heterocycles. The number of nitrogens with zero attached hydrogens (tertiary/aromatic N) is 4. The molecule has 2 aromatic rings. The number of nitrogens with one attached hydrogen (secondary N) is 1. The molecule has 19 heavy (non-hydrogen) atoms. The van der Waals surface area contributed by atoms with Crippen molar-refractivity contribution in [3.05, 3.63) is 29.0 Å². The Kier molecular flexibility index (Phi) is 4.34. The molecular weight excluding hydrogens is 266 g/mol. The summed E-state index contributed by atoms with van der Waals surface area (Å²) < 4.78 is 6.87. The predicted molar refractivity (Wildman–Crippen MR) is 72.8 cm³/mol. The Morgan fingerprint density at radius 3 is 2.95 bits per heavy atom. The molecule has 102 valence electrons. The lowest BCUT2D eigenvalue weighted by Crippen LogP contribution is -2.21. The van der Waals surface area contributed by atoms with Crippen LogP contribution in [0.15, 0.2) is 18.2 Å².